The van der Waals surface area contributed by atoms with Gasteiger partial charge in [0, 0.05) is 5.30 Å². The zero-order chi connectivity index (χ0) is 27.0. The zero-order valence-corrected chi connectivity index (χ0v) is 23.4. The van der Waals surface area contributed by atoms with Crippen LogP contribution in [-0.4, -0.2) is 5.11 Å². The Bertz CT molecular complexity index is 1390. The second-order valence-corrected chi connectivity index (χ2v) is 11.8. The van der Waals surface area contributed by atoms with Crippen molar-refractivity contribution in [1.29, 1.82) is 0 Å². The number of allylic oxidation sites excluding steroid dienone is 8. The molecule has 4 heteroatoms. The van der Waals surface area contributed by atoms with Crippen LogP contribution in [0.4, 0.5) is 4.39 Å². The Morgan fingerprint density at radius 3 is 2.23 bits per heavy atom. The highest BCUT2D eigenvalue weighted by atomic mass is 31.1. The third kappa shape index (κ3) is 7.44. The Morgan fingerprint density at radius 1 is 0.846 bits per heavy atom. The van der Waals surface area contributed by atoms with Gasteiger partial charge in [-0.1, -0.05) is 99.7 Å². The first-order chi connectivity index (χ1) is 19.0. The molecule has 0 spiro atoms. The van der Waals surface area contributed by atoms with Crippen LogP contribution in [0.15, 0.2) is 109 Å². The fraction of sp³-hybridized carbons (Fsp3) is 0.257. The number of rotatable bonds is 10. The lowest BCUT2D eigenvalue weighted by molar-refractivity contribution is 0.200. The summed E-state index contributed by atoms with van der Waals surface area (Å²) in [6, 6.07) is 19.6. The molecular formula is C35H36FO2P. The molecule has 0 amide bonds. The van der Waals surface area contributed by atoms with Crippen LogP contribution in [0.1, 0.15) is 48.1 Å². The smallest absolute Gasteiger partial charge is 0.130 e. The number of ether oxygens (including phenoxy) is 1. The predicted molar refractivity (Wildman–Crippen MR) is 162 cm³/mol. The molecule has 3 aromatic rings. The molecular weight excluding hydrogens is 502 g/mol. The van der Waals surface area contributed by atoms with Gasteiger partial charge in [-0.3, -0.25) is 0 Å². The number of benzene rings is 3. The van der Waals surface area contributed by atoms with Crippen molar-refractivity contribution in [1.82, 2.24) is 0 Å². The summed E-state index contributed by atoms with van der Waals surface area (Å²) in [5.41, 5.74) is 4.26. The first kappa shape index (κ1) is 27.3. The predicted octanol–water partition coefficient (Wildman–Crippen LogP) is 7.44. The van der Waals surface area contributed by atoms with E-state index in [2.05, 4.69) is 72.9 Å². The average molecular weight is 539 g/mol. The van der Waals surface area contributed by atoms with Gasteiger partial charge in [0.25, 0.3) is 0 Å². The molecule has 5 rings (SSSR count). The number of hydrogen-bond acceptors (Lipinski definition) is 2. The van der Waals surface area contributed by atoms with Gasteiger partial charge in [-0.2, -0.15) is 0 Å². The summed E-state index contributed by atoms with van der Waals surface area (Å²) in [4.78, 5) is 0. The van der Waals surface area contributed by atoms with Crippen LogP contribution >= 0.6 is 8.58 Å². The lowest BCUT2D eigenvalue weighted by atomic mass is 9.89. The Hall–Kier alpha value is -3.26. The van der Waals surface area contributed by atoms with E-state index in [-0.39, 0.29) is 14.4 Å². The van der Waals surface area contributed by atoms with Gasteiger partial charge in [0.1, 0.15) is 18.2 Å². The van der Waals surface area contributed by atoms with Crippen molar-refractivity contribution in [3.8, 4) is 5.75 Å². The Labute approximate surface area is 233 Å². The maximum atomic E-state index is 14.1. The third-order valence-corrected chi connectivity index (χ3v) is 8.67. The van der Waals surface area contributed by atoms with E-state index in [1.807, 2.05) is 24.3 Å². The van der Waals surface area contributed by atoms with Crippen LogP contribution in [0.5, 0.6) is 5.75 Å². The van der Waals surface area contributed by atoms with Crippen molar-refractivity contribution in [3.05, 3.63) is 137 Å². The van der Waals surface area contributed by atoms with Crippen LogP contribution in [-0.2, 0) is 19.4 Å². The maximum Gasteiger partial charge on any atom is 0.130 e. The number of halogens is 1. The van der Waals surface area contributed by atoms with Crippen LogP contribution < -0.4 is 15.3 Å². The van der Waals surface area contributed by atoms with E-state index in [9.17, 15) is 9.50 Å². The van der Waals surface area contributed by atoms with Crippen molar-refractivity contribution < 1.29 is 14.2 Å². The second-order valence-electron chi connectivity index (χ2n) is 10.5. The molecule has 0 heterocycles. The molecule has 0 radical (unpaired) electrons. The SMILES string of the molecule is CC(O)c1cc(F)ccc1Pc1cc(CC2C=CC=CC2)cc(CC2C=CC=CC2)c1OCc1ccccc1. The molecule has 4 atom stereocenters. The summed E-state index contributed by atoms with van der Waals surface area (Å²) in [6.07, 6.45) is 20.7. The highest BCUT2D eigenvalue weighted by molar-refractivity contribution is 7.55. The molecule has 4 unspecified atom stereocenters. The topological polar surface area (TPSA) is 29.5 Å². The van der Waals surface area contributed by atoms with Gasteiger partial charge in [-0.15, -0.1) is 0 Å². The minimum absolute atomic E-state index is 0.232. The van der Waals surface area contributed by atoms with E-state index in [0.717, 1.165) is 47.6 Å². The minimum atomic E-state index is -0.752. The first-order valence-electron chi connectivity index (χ1n) is 13.8. The Morgan fingerprint density at radius 2 is 1.56 bits per heavy atom. The van der Waals surface area contributed by atoms with Crippen molar-refractivity contribution >= 4 is 19.2 Å². The maximum absolute atomic E-state index is 14.1. The van der Waals surface area contributed by atoms with E-state index in [1.54, 1.807) is 6.92 Å². The summed E-state index contributed by atoms with van der Waals surface area (Å²) in [7, 11) is 0.232. The van der Waals surface area contributed by atoms with Gasteiger partial charge >= 0.3 is 0 Å². The second kappa shape index (κ2) is 13.2. The highest BCUT2D eigenvalue weighted by Crippen LogP contribution is 2.33. The first-order valence-corrected chi connectivity index (χ1v) is 14.8. The van der Waals surface area contributed by atoms with Gasteiger partial charge in [-0.05, 0) is 90.2 Å². The van der Waals surface area contributed by atoms with Gasteiger partial charge in [0.05, 0.1) is 6.10 Å². The molecule has 0 aromatic heterocycles. The van der Waals surface area contributed by atoms with Crippen LogP contribution in [0.2, 0.25) is 0 Å². The van der Waals surface area contributed by atoms with E-state index < -0.39 is 6.10 Å². The molecule has 0 aliphatic heterocycles. The van der Waals surface area contributed by atoms with E-state index in [0.29, 0.717) is 24.0 Å². The molecule has 3 aromatic carbocycles. The molecule has 0 fully saturated rings. The quantitative estimate of drug-likeness (QED) is 0.272. The molecule has 39 heavy (non-hydrogen) atoms. The van der Waals surface area contributed by atoms with Gasteiger partial charge in [0.15, 0.2) is 0 Å². The van der Waals surface area contributed by atoms with Crippen molar-refractivity contribution in [2.45, 2.75) is 45.3 Å². The number of aliphatic hydroxyl groups is 1. The Kier molecular flexibility index (Phi) is 9.24. The number of hydrogen-bond donors (Lipinski definition) is 1. The normalized spacial score (nSPS) is 19.2. The molecule has 200 valence electrons. The van der Waals surface area contributed by atoms with Gasteiger partial charge in [0.2, 0.25) is 0 Å². The largest absolute Gasteiger partial charge is 0.488 e. The van der Waals surface area contributed by atoms with E-state index in [4.69, 9.17) is 4.74 Å². The third-order valence-electron chi connectivity index (χ3n) is 7.30. The van der Waals surface area contributed by atoms with Crippen molar-refractivity contribution in [3.63, 3.8) is 0 Å². The fourth-order valence-electron chi connectivity index (χ4n) is 5.31. The monoisotopic (exact) mass is 538 g/mol. The van der Waals surface area contributed by atoms with E-state index in [1.165, 1.54) is 23.3 Å². The van der Waals surface area contributed by atoms with Crippen LogP contribution in [0.3, 0.4) is 0 Å². The van der Waals surface area contributed by atoms with Gasteiger partial charge in [-0.25, -0.2) is 4.39 Å². The Balaban J connectivity index is 1.56. The average Bonchev–Trinajstić information content (AvgIpc) is 2.95. The van der Waals surface area contributed by atoms with Gasteiger partial charge < -0.3 is 9.84 Å². The molecule has 0 saturated heterocycles. The minimum Gasteiger partial charge on any atom is -0.488 e. The lowest BCUT2D eigenvalue weighted by Gasteiger charge is -2.23. The lowest BCUT2D eigenvalue weighted by Crippen LogP contribution is -2.18. The number of aliphatic hydroxyl groups excluding tert-OH is 1. The van der Waals surface area contributed by atoms with E-state index >= 15 is 0 Å². The van der Waals surface area contributed by atoms with Crippen molar-refractivity contribution in [2.75, 3.05) is 0 Å². The summed E-state index contributed by atoms with van der Waals surface area (Å²) in [6.45, 7) is 2.18. The summed E-state index contributed by atoms with van der Waals surface area (Å²) >= 11 is 0. The standard InChI is InChI=1S/C35H36FO2P/c1-25(37)32-23-31(36)17-18-33(32)39-34-22-29(19-26-11-5-2-6-12-26)21-30(20-27-13-7-3-8-14-27)35(34)38-24-28-15-9-4-10-16-28/h2-11,13,15-18,21-23,25-27,37,39H,12,14,19-20,24H2,1H3. The highest BCUT2D eigenvalue weighted by Gasteiger charge is 2.20. The molecule has 2 aliphatic rings. The van der Waals surface area contributed by atoms with Crippen molar-refractivity contribution in [2.24, 2.45) is 11.8 Å². The molecule has 0 saturated carbocycles. The fourth-order valence-corrected chi connectivity index (χ4v) is 6.79. The molecule has 2 aliphatic carbocycles. The molecule has 1 N–H and O–H groups in total. The van der Waals surface area contributed by atoms with Crippen LogP contribution in [0.25, 0.3) is 0 Å². The van der Waals surface area contributed by atoms with Crippen LogP contribution in [0, 0.1) is 17.7 Å². The zero-order valence-electron chi connectivity index (χ0n) is 22.4. The molecule has 0 bridgehead atoms. The summed E-state index contributed by atoms with van der Waals surface area (Å²) in [5.74, 6) is 1.47. The molecule has 2 nitrogen and oxygen atoms in total. The summed E-state index contributed by atoms with van der Waals surface area (Å²) < 4.78 is 20.8. The summed E-state index contributed by atoms with van der Waals surface area (Å²) in [5, 5.41) is 12.5.